The number of hydrogen-bond donors (Lipinski definition) is 2. The van der Waals surface area contributed by atoms with Gasteiger partial charge in [0.05, 0.1) is 0 Å². The van der Waals surface area contributed by atoms with Crippen molar-refractivity contribution in [3.05, 3.63) is 48.0 Å². The molecule has 2 amide bonds. The van der Waals surface area contributed by atoms with Gasteiger partial charge in [0.2, 0.25) is 5.91 Å². The van der Waals surface area contributed by atoms with Crippen molar-refractivity contribution in [2.45, 2.75) is 45.6 Å². The Balaban J connectivity index is 1.42. The monoisotopic (exact) mass is 395 g/mol. The summed E-state index contributed by atoms with van der Waals surface area (Å²) in [7, 11) is 0. The van der Waals surface area contributed by atoms with Gasteiger partial charge in [-0.1, -0.05) is 37.3 Å². The topological polar surface area (TPSA) is 61.4 Å². The molecule has 0 radical (unpaired) electrons. The molecule has 5 heteroatoms. The van der Waals surface area contributed by atoms with Crippen LogP contribution in [0.1, 0.15) is 50.4 Å². The molecule has 1 heterocycles. The number of amides is 2. The van der Waals surface area contributed by atoms with E-state index in [1.54, 1.807) is 0 Å². The van der Waals surface area contributed by atoms with E-state index >= 15 is 0 Å². The minimum absolute atomic E-state index is 0.0260. The van der Waals surface area contributed by atoms with Crippen LogP contribution in [0, 0.1) is 5.92 Å². The molecular weight excluding hydrogens is 362 g/mol. The van der Waals surface area contributed by atoms with E-state index in [0.29, 0.717) is 24.6 Å². The predicted octanol–water partition coefficient (Wildman–Crippen LogP) is 3.59. The standard InChI is InChI=1S/C24H33N3O2/c1-18-7-6-14-27(16-18)24(2,3)17-26-22(28)12-13-25-23(29)21-11-10-19-8-4-5-9-20(19)15-21/h4-5,8-11,15,18H,6-7,12-14,16-17H2,1-3H3,(H,25,29)(H,26,28). The molecule has 5 nitrogen and oxygen atoms in total. The molecule has 0 spiro atoms. The van der Waals surface area contributed by atoms with Crippen LogP contribution in [-0.4, -0.2) is 48.4 Å². The Labute approximate surface area is 173 Å². The zero-order valence-corrected chi connectivity index (χ0v) is 17.8. The molecule has 0 aromatic heterocycles. The van der Waals surface area contributed by atoms with Crippen LogP contribution >= 0.6 is 0 Å². The van der Waals surface area contributed by atoms with E-state index in [1.165, 1.54) is 12.8 Å². The molecule has 2 N–H and O–H groups in total. The van der Waals surface area contributed by atoms with Crippen molar-refractivity contribution in [3.8, 4) is 0 Å². The summed E-state index contributed by atoms with van der Waals surface area (Å²) in [5.74, 6) is 0.539. The van der Waals surface area contributed by atoms with Gasteiger partial charge >= 0.3 is 0 Å². The molecule has 2 aromatic carbocycles. The summed E-state index contributed by atoms with van der Waals surface area (Å²) in [6.07, 6.45) is 2.79. The highest BCUT2D eigenvalue weighted by molar-refractivity contribution is 5.98. The van der Waals surface area contributed by atoms with Gasteiger partial charge in [0, 0.05) is 37.2 Å². The van der Waals surface area contributed by atoms with Crippen molar-refractivity contribution in [3.63, 3.8) is 0 Å². The van der Waals surface area contributed by atoms with Gasteiger partial charge in [-0.05, 0) is 62.1 Å². The molecule has 29 heavy (non-hydrogen) atoms. The molecule has 2 aromatic rings. The third kappa shape index (κ3) is 5.80. The quantitative estimate of drug-likeness (QED) is 0.753. The minimum Gasteiger partial charge on any atom is -0.354 e. The van der Waals surface area contributed by atoms with E-state index in [-0.39, 0.29) is 23.8 Å². The van der Waals surface area contributed by atoms with E-state index in [1.807, 2.05) is 42.5 Å². The number of piperidine rings is 1. The largest absolute Gasteiger partial charge is 0.354 e. The fraction of sp³-hybridized carbons (Fsp3) is 0.500. The van der Waals surface area contributed by atoms with Gasteiger partial charge in [-0.3, -0.25) is 14.5 Å². The first-order chi connectivity index (χ1) is 13.8. The summed E-state index contributed by atoms with van der Waals surface area (Å²) in [5, 5.41) is 8.03. The summed E-state index contributed by atoms with van der Waals surface area (Å²) >= 11 is 0. The number of likely N-dealkylation sites (tertiary alicyclic amines) is 1. The third-order valence-corrected chi connectivity index (χ3v) is 5.88. The lowest BCUT2D eigenvalue weighted by molar-refractivity contribution is -0.121. The second-order valence-electron chi connectivity index (χ2n) is 8.85. The molecule has 3 rings (SSSR count). The molecule has 1 aliphatic heterocycles. The maximum atomic E-state index is 12.4. The normalized spacial score (nSPS) is 17.8. The molecule has 0 saturated carbocycles. The van der Waals surface area contributed by atoms with Crippen LogP contribution in [0.15, 0.2) is 42.5 Å². The van der Waals surface area contributed by atoms with Crippen molar-refractivity contribution in [2.75, 3.05) is 26.2 Å². The van der Waals surface area contributed by atoms with Crippen molar-refractivity contribution in [1.29, 1.82) is 0 Å². The van der Waals surface area contributed by atoms with Gasteiger partial charge in [0.25, 0.3) is 5.91 Å². The lowest BCUT2D eigenvalue weighted by Crippen LogP contribution is -2.54. The molecule has 1 aliphatic rings. The van der Waals surface area contributed by atoms with Gasteiger partial charge in [-0.15, -0.1) is 0 Å². The Morgan fingerprint density at radius 3 is 2.62 bits per heavy atom. The molecule has 0 bridgehead atoms. The zero-order valence-electron chi connectivity index (χ0n) is 17.8. The van der Waals surface area contributed by atoms with Gasteiger partial charge in [-0.2, -0.15) is 0 Å². The Morgan fingerprint density at radius 2 is 1.86 bits per heavy atom. The Morgan fingerprint density at radius 1 is 1.10 bits per heavy atom. The van der Waals surface area contributed by atoms with Crippen LogP contribution in [0.3, 0.4) is 0 Å². The van der Waals surface area contributed by atoms with Gasteiger partial charge in [0.15, 0.2) is 0 Å². The maximum Gasteiger partial charge on any atom is 0.251 e. The summed E-state index contributed by atoms with van der Waals surface area (Å²) < 4.78 is 0. The summed E-state index contributed by atoms with van der Waals surface area (Å²) in [6.45, 7) is 9.80. The first kappa shape index (κ1) is 21.3. The van der Waals surface area contributed by atoms with Crippen molar-refractivity contribution in [2.24, 2.45) is 5.92 Å². The van der Waals surface area contributed by atoms with Crippen molar-refractivity contribution in [1.82, 2.24) is 15.5 Å². The summed E-state index contributed by atoms with van der Waals surface area (Å²) in [5.41, 5.74) is 0.558. The van der Waals surface area contributed by atoms with Crippen LogP contribution in [-0.2, 0) is 4.79 Å². The number of carbonyl (C=O) groups is 2. The first-order valence-electron chi connectivity index (χ1n) is 10.6. The fourth-order valence-electron chi connectivity index (χ4n) is 3.98. The van der Waals surface area contributed by atoms with E-state index in [0.717, 1.165) is 23.9 Å². The number of benzene rings is 2. The highest BCUT2D eigenvalue weighted by Gasteiger charge is 2.30. The number of hydrogen-bond acceptors (Lipinski definition) is 3. The second kappa shape index (κ2) is 9.40. The molecule has 1 atom stereocenters. The highest BCUT2D eigenvalue weighted by atomic mass is 16.2. The molecule has 156 valence electrons. The predicted molar refractivity (Wildman–Crippen MR) is 118 cm³/mol. The van der Waals surface area contributed by atoms with E-state index in [4.69, 9.17) is 0 Å². The smallest absolute Gasteiger partial charge is 0.251 e. The molecule has 1 fully saturated rings. The van der Waals surface area contributed by atoms with E-state index in [9.17, 15) is 9.59 Å². The first-order valence-corrected chi connectivity index (χ1v) is 10.6. The number of nitrogens with zero attached hydrogens (tertiary/aromatic N) is 1. The fourth-order valence-corrected chi connectivity index (χ4v) is 3.98. The third-order valence-electron chi connectivity index (χ3n) is 5.88. The maximum absolute atomic E-state index is 12.4. The number of nitrogens with one attached hydrogen (secondary N) is 2. The van der Waals surface area contributed by atoms with Crippen LogP contribution in [0.25, 0.3) is 10.8 Å². The van der Waals surface area contributed by atoms with Crippen molar-refractivity contribution >= 4 is 22.6 Å². The highest BCUT2D eigenvalue weighted by Crippen LogP contribution is 2.23. The number of carbonyl (C=O) groups excluding carboxylic acids is 2. The zero-order chi connectivity index (χ0) is 20.9. The summed E-state index contributed by atoms with van der Waals surface area (Å²) in [4.78, 5) is 27.1. The average Bonchev–Trinajstić information content (AvgIpc) is 2.72. The van der Waals surface area contributed by atoms with E-state index < -0.39 is 0 Å². The Bertz CT molecular complexity index is 862. The van der Waals surface area contributed by atoms with Crippen LogP contribution in [0.4, 0.5) is 0 Å². The molecule has 1 unspecified atom stereocenters. The van der Waals surface area contributed by atoms with Crippen LogP contribution < -0.4 is 10.6 Å². The Hall–Kier alpha value is -2.40. The SMILES string of the molecule is CC1CCCN(C(C)(C)CNC(=O)CCNC(=O)c2ccc3ccccc3c2)C1. The van der Waals surface area contributed by atoms with Gasteiger partial charge in [-0.25, -0.2) is 0 Å². The van der Waals surface area contributed by atoms with Gasteiger partial charge < -0.3 is 10.6 Å². The van der Waals surface area contributed by atoms with Crippen molar-refractivity contribution < 1.29 is 9.59 Å². The number of fused-ring (bicyclic) bond motifs is 1. The molecule has 0 aliphatic carbocycles. The average molecular weight is 396 g/mol. The van der Waals surface area contributed by atoms with Gasteiger partial charge in [0.1, 0.15) is 0 Å². The molecular formula is C24H33N3O2. The van der Waals surface area contributed by atoms with E-state index in [2.05, 4.69) is 36.3 Å². The summed E-state index contributed by atoms with van der Waals surface area (Å²) in [6, 6.07) is 13.6. The lowest BCUT2D eigenvalue weighted by Gasteiger charge is -2.43. The van der Waals surface area contributed by atoms with Crippen LogP contribution in [0.2, 0.25) is 0 Å². The Kier molecular flexibility index (Phi) is 6.91. The minimum atomic E-state index is -0.147. The number of rotatable bonds is 7. The lowest BCUT2D eigenvalue weighted by atomic mass is 9.93. The van der Waals surface area contributed by atoms with Crippen LogP contribution in [0.5, 0.6) is 0 Å². The second-order valence-corrected chi connectivity index (χ2v) is 8.85. The molecule has 1 saturated heterocycles.